The Morgan fingerprint density at radius 3 is 1.93 bits per heavy atom. The molecular formula is C22H36N4S3. The molecule has 0 atom stereocenters. The quantitative estimate of drug-likeness (QED) is 0.327. The fourth-order valence-electron chi connectivity index (χ4n) is 2.65. The van der Waals surface area contributed by atoms with Crippen molar-refractivity contribution in [1.29, 1.82) is 0 Å². The van der Waals surface area contributed by atoms with Crippen LogP contribution in [0.2, 0.25) is 0 Å². The van der Waals surface area contributed by atoms with E-state index in [0.29, 0.717) is 17.7 Å². The topological polar surface area (TPSA) is 77.0 Å². The van der Waals surface area contributed by atoms with Crippen LogP contribution in [-0.2, 0) is 5.41 Å². The summed E-state index contributed by atoms with van der Waals surface area (Å²) >= 11 is 4.71. The maximum absolute atomic E-state index is 5.72. The third-order valence-corrected chi connectivity index (χ3v) is 6.98. The highest BCUT2D eigenvalue weighted by Gasteiger charge is 2.18. The van der Waals surface area contributed by atoms with Gasteiger partial charge < -0.3 is 11.1 Å². The number of thioether (sulfide) groups is 1. The molecule has 0 amide bonds. The lowest BCUT2D eigenvalue weighted by Gasteiger charge is -2.22. The number of rotatable bonds is 6. The van der Waals surface area contributed by atoms with E-state index in [1.165, 1.54) is 28.0 Å². The Morgan fingerprint density at radius 1 is 1.14 bits per heavy atom. The van der Waals surface area contributed by atoms with E-state index in [0.717, 1.165) is 14.9 Å². The van der Waals surface area contributed by atoms with Crippen LogP contribution in [0.1, 0.15) is 76.4 Å². The van der Waals surface area contributed by atoms with E-state index in [9.17, 15) is 0 Å². The molecule has 0 saturated heterocycles. The van der Waals surface area contributed by atoms with Crippen LogP contribution >= 0.6 is 35.0 Å². The Kier molecular flexibility index (Phi) is 10.1. The second-order valence-corrected chi connectivity index (χ2v) is 11.3. The summed E-state index contributed by atoms with van der Waals surface area (Å²) in [5, 5.41) is 9.77. The predicted molar refractivity (Wildman–Crippen MR) is 134 cm³/mol. The molecule has 0 fully saturated rings. The van der Waals surface area contributed by atoms with Crippen LogP contribution in [0.3, 0.4) is 0 Å². The van der Waals surface area contributed by atoms with Crippen LogP contribution < -0.4 is 16.2 Å². The van der Waals surface area contributed by atoms with Crippen molar-refractivity contribution in [3.63, 3.8) is 0 Å². The van der Waals surface area contributed by atoms with E-state index >= 15 is 0 Å². The van der Waals surface area contributed by atoms with Gasteiger partial charge in [0.2, 0.25) is 0 Å². The summed E-state index contributed by atoms with van der Waals surface area (Å²) in [6, 6.07) is 4.49. The Morgan fingerprint density at radius 2 is 1.66 bits per heavy atom. The molecule has 162 valence electrons. The van der Waals surface area contributed by atoms with Crippen molar-refractivity contribution in [2.75, 3.05) is 11.6 Å². The Hall–Kier alpha value is -1.15. The van der Waals surface area contributed by atoms with Crippen LogP contribution in [0.4, 0.5) is 5.69 Å². The fraction of sp³-hybridized carbons (Fsp3) is 0.500. The summed E-state index contributed by atoms with van der Waals surface area (Å²) in [5.74, 6) is 1.41. The minimum atomic E-state index is 0.151. The van der Waals surface area contributed by atoms with E-state index in [1.54, 1.807) is 23.1 Å². The van der Waals surface area contributed by atoms with Gasteiger partial charge in [-0.2, -0.15) is 0 Å². The molecule has 0 bridgehead atoms. The Balaban J connectivity index is 0.000000326. The molecule has 0 aliphatic carbocycles. The Bertz CT molecular complexity index is 776. The van der Waals surface area contributed by atoms with Gasteiger partial charge in [0.05, 0.1) is 21.2 Å². The number of nitrogens with zero attached hydrogens (tertiary/aromatic N) is 1. The largest absolute Gasteiger partial charge is 0.386 e. The molecule has 0 aliphatic heterocycles. The molecular weight excluding hydrogens is 416 g/mol. The predicted octanol–water partition coefficient (Wildman–Crippen LogP) is 6.90. The zero-order chi connectivity index (χ0) is 22.4. The lowest BCUT2D eigenvalue weighted by molar-refractivity contribution is 0.585. The zero-order valence-electron chi connectivity index (χ0n) is 18.9. The third-order valence-electron chi connectivity index (χ3n) is 4.18. The van der Waals surface area contributed by atoms with Crippen LogP contribution in [0, 0.1) is 0 Å². The average Bonchev–Trinajstić information content (AvgIpc) is 3.11. The van der Waals surface area contributed by atoms with E-state index in [2.05, 4.69) is 83.7 Å². The number of benzene rings is 1. The van der Waals surface area contributed by atoms with Gasteiger partial charge in [-0.05, 0) is 53.3 Å². The van der Waals surface area contributed by atoms with E-state index < -0.39 is 0 Å². The standard InChI is InChI=1S/C15H24N2S.C7H12N2S2/c1-9(2)13-7-12(18-6)8-14(10(3)4)15(13)17-11(5)16;1-7(2,3)6-9-4-5(10-6)11-8/h7-10,17H,5,16H2,1-4,6H3;4H,8H2,1-3H3. The third kappa shape index (κ3) is 7.89. The first-order chi connectivity index (χ1) is 13.4. The van der Waals surface area contributed by atoms with Gasteiger partial charge in [0.25, 0.3) is 0 Å². The number of hydrogen-bond donors (Lipinski definition) is 3. The van der Waals surface area contributed by atoms with Crippen molar-refractivity contribution < 1.29 is 0 Å². The molecule has 5 N–H and O–H groups in total. The highest BCUT2D eigenvalue weighted by Crippen LogP contribution is 2.36. The fourth-order valence-corrected chi connectivity index (χ4v) is 4.39. The molecule has 0 aliphatic rings. The van der Waals surface area contributed by atoms with Gasteiger partial charge in [0.15, 0.2) is 0 Å². The average molecular weight is 453 g/mol. The summed E-state index contributed by atoms with van der Waals surface area (Å²) < 4.78 is 1.08. The summed E-state index contributed by atoms with van der Waals surface area (Å²) in [4.78, 5) is 5.58. The summed E-state index contributed by atoms with van der Waals surface area (Å²) in [7, 11) is 0. The van der Waals surface area contributed by atoms with Gasteiger partial charge >= 0.3 is 0 Å². The monoisotopic (exact) mass is 452 g/mol. The van der Waals surface area contributed by atoms with Gasteiger partial charge in [-0.3, -0.25) is 5.14 Å². The number of aromatic nitrogens is 1. The molecule has 4 nitrogen and oxygen atoms in total. The van der Waals surface area contributed by atoms with Crippen molar-refractivity contribution in [1.82, 2.24) is 4.98 Å². The molecule has 2 rings (SSSR count). The van der Waals surface area contributed by atoms with Crippen LogP contribution in [0.5, 0.6) is 0 Å². The number of thiazole rings is 1. The molecule has 0 radical (unpaired) electrons. The SMILES string of the molecule is C=C(N)Nc1c(C(C)C)cc(SC)cc1C(C)C.CC(C)(C)c1ncc(SN)s1. The summed E-state index contributed by atoms with van der Waals surface area (Å²) in [5.41, 5.74) is 9.61. The Labute approximate surface area is 189 Å². The minimum absolute atomic E-state index is 0.151. The summed E-state index contributed by atoms with van der Waals surface area (Å²) in [6.45, 7) is 19.0. The van der Waals surface area contributed by atoms with E-state index in [4.69, 9.17) is 10.9 Å². The lowest BCUT2D eigenvalue weighted by atomic mass is 9.92. The second-order valence-electron chi connectivity index (χ2n) is 8.49. The van der Waals surface area contributed by atoms with Crippen LogP contribution in [-0.4, -0.2) is 11.2 Å². The molecule has 2 aromatic rings. The normalized spacial score (nSPS) is 11.4. The van der Waals surface area contributed by atoms with E-state index in [-0.39, 0.29) is 5.41 Å². The number of nitrogens with two attached hydrogens (primary N) is 2. The first-order valence-electron chi connectivity index (χ1n) is 9.66. The molecule has 7 heteroatoms. The summed E-state index contributed by atoms with van der Waals surface area (Å²) in [6.07, 6.45) is 3.94. The molecule has 1 aromatic carbocycles. The molecule has 1 heterocycles. The number of anilines is 1. The van der Waals surface area contributed by atoms with Gasteiger partial charge in [-0.15, -0.1) is 23.1 Å². The molecule has 0 saturated carbocycles. The van der Waals surface area contributed by atoms with Crippen molar-refractivity contribution in [2.24, 2.45) is 10.9 Å². The first-order valence-corrected chi connectivity index (χ1v) is 12.6. The highest BCUT2D eigenvalue weighted by atomic mass is 32.2. The maximum atomic E-state index is 5.72. The molecule has 1 aromatic heterocycles. The maximum Gasteiger partial charge on any atom is 0.0990 e. The molecule has 0 spiro atoms. The van der Waals surface area contributed by atoms with Crippen molar-refractivity contribution >= 4 is 40.7 Å². The smallest absolute Gasteiger partial charge is 0.0990 e. The van der Waals surface area contributed by atoms with Crippen molar-refractivity contribution in [2.45, 2.75) is 74.8 Å². The molecule has 0 unspecified atom stereocenters. The zero-order valence-corrected chi connectivity index (χ0v) is 21.4. The van der Waals surface area contributed by atoms with Gasteiger partial charge in [0, 0.05) is 16.0 Å². The number of nitrogens with one attached hydrogen (secondary N) is 1. The minimum Gasteiger partial charge on any atom is -0.386 e. The lowest BCUT2D eigenvalue weighted by Crippen LogP contribution is -2.12. The van der Waals surface area contributed by atoms with Crippen molar-refractivity contribution in [3.8, 4) is 0 Å². The van der Waals surface area contributed by atoms with Gasteiger partial charge in [-0.1, -0.05) is 55.0 Å². The second kappa shape index (κ2) is 11.3. The van der Waals surface area contributed by atoms with Crippen LogP contribution in [0.15, 0.2) is 39.8 Å². The van der Waals surface area contributed by atoms with E-state index in [1.807, 2.05) is 6.20 Å². The molecule has 29 heavy (non-hydrogen) atoms. The number of hydrogen-bond acceptors (Lipinski definition) is 7. The first kappa shape index (κ1) is 25.9. The highest BCUT2D eigenvalue weighted by molar-refractivity contribution is 7.99. The van der Waals surface area contributed by atoms with Gasteiger partial charge in [0.1, 0.15) is 0 Å². The van der Waals surface area contributed by atoms with Crippen LogP contribution in [0.25, 0.3) is 0 Å². The van der Waals surface area contributed by atoms with Crippen molar-refractivity contribution in [3.05, 3.63) is 46.9 Å². The van der Waals surface area contributed by atoms with Gasteiger partial charge in [-0.25, -0.2) is 4.98 Å².